The van der Waals surface area contributed by atoms with E-state index in [9.17, 15) is 14.4 Å². The summed E-state index contributed by atoms with van der Waals surface area (Å²) < 4.78 is 1.64. The molecule has 1 aromatic heterocycles. The van der Waals surface area contributed by atoms with Crippen LogP contribution in [0.5, 0.6) is 0 Å². The van der Waals surface area contributed by atoms with Gasteiger partial charge in [-0.2, -0.15) is 5.10 Å². The molecule has 0 saturated carbocycles. The summed E-state index contributed by atoms with van der Waals surface area (Å²) in [5.41, 5.74) is 4.10. The van der Waals surface area contributed by atoms with Crippen LogP contribution < -0.4 is 5.32 Å². The van der Waals surface area contributed by atoms with E-state index in [1.165, 1.54) is 0 Å². The molecule has 0 spiro atoms. The van der Waals surface area contributed by atoms with Crippen molar-refractivity contribution < 1.29 is 14.4 Å². The lowest BCUT2D eigenvalue weighted by atomic mass is 10.1. The highest BCUT2D eigenvalue weighted by Crippen LogP contribution is 2.26. The smallest absolute Gasteiger partial charge is 0.262 e. The first-order valence-electron chi connectivity index (χ1n) is 10.5. The van der Waals surface area contributed by atoms with Crippen LogP contribution in [0.4, 0.5) is 5.82 Å². The van der Waals surface area contributed by atoms with E-state index in [-0.39, 0.29) is 6.54 Å². The number of rotatable bonds is 5. The van der Waals surface area contributed by atoms with Crippen LogP contribution in [0.1, 0.15) is 26.3 Å². The standard InChI is InChI=1S/C26H20N4O3/c1-17-8-7-9-18(14-17)22-15-23(30(28-22)19-10-3-2-4-11-19)27-24(31)16-29-25(32)20-12-5-6-13-21(20)26(29)33/h2-15H,16H2,1H3,(H,27,31). The zero-order valence-corrected chi connectivity index (χ0v) is 17.9. The van der Waals surface area contributed by atoms with Gasteiger partial charge >= 0.3 is 0 Å². The molecule has 3 amide bonds. The van der Waals surface area contributed by atoms with Crippen molar-refractivity contribution in [3.05, 3.63) is 102 Å². The molecule has 0 saturated heterocycles. The van der Waals surface area contributed by atoms with Crippen molar-refractivity contribution in [2.75, 3.05) is 11.9 Å². The predicted octanol–water partition coefficient (Wildman–Crippen LogP) is 4.08. The van der Waals surface area contributed by atoms with Crippen LogP contribution in [0.3, 0.4) is 0 Å². The Morgan fingerprint density at radius 2 is 1.52 bits per heavy atom. The first kappa shape index (κ1) is 20.4. The quantitative estimate of drug-likeness (QED) is 0.478. The molecule has 3 aromatic carbocycles. The van der Waals surface area contributed by atoms with Crippen molar-refractivity contribution in [1.82, 2.24) is 14.7 Å². The van der Waals surface area contributed by atoms with Crippen molar-refractivity contribution in [2.45, 2.75) is 6.92 Å². The van der Waals surface area contributed by atoms with Crippen molar-refractivity contribution >= 4 is 23.5 Å². The minimum atomic E-state index is -0.489. The molecule has 1 N–H and O–H groups in total. The zero-order chi connectivity index (χ0) is 22.9. The molecule has 1 aliphatic heterocycles. The number of nitrogens with zero attached hydrogens (tertiary/aromatic N) is 3. The monoisotopic (exact) mass is 436 g/mol. The lowest BCUT2D eigenvalue weighted by Crippen LogP contribution is -2.37. The SMILES string of the molecule is Cc1cccc(-c2cc(NC(=O)CN3C(=O)c4ccccc4C3=O)n(-c3ccccc3)n2)c1. The first-order chi connectivity index (χ1) is 16.0. The topological polar surface area (TPSA) is 84.3 Å². The average Bonchev–Trinajstić information content (AvgIpc) is 3.35. The van der Waals surface area contributed by atoms with E-state index in [0.717, 1.165) is 21.7 Å². The number of para-hydroxylation sites is 1. The number of aromatic nitrogens is 2. The van der Waals surface area contributed by atoms with Gasteiger partial charge in [0.15, 0.2) is 0 Å². The molecular weight excluding hydrogens is 416 g/mol. The van der Waals surface area contributed by atoms with Crippen LogP contribution in [0.15, 0.2) is 84.9 Å². The molecule has 162 valence electrons. The maximum atomic E-state index is 12.9. The van der Waals surface area contributed by atoms with E-state index in [2.05, 4.69) is 5.32 Å². The maximum Gasteiger partial charge on any atom is 0.262 e. The Hall–Kier alpha value is -4.52. The number of aryl methyl sites for hydroxylation is 1. The molecule has 0 atom stereocenters. The van der Waals surface area contributed by atoms with Gasteiger partial charge < -0.3 is 5.32 Å². The molecule has 7 nitrogen and oxygen atoms in total. The van der Waals surface area contributed by atoms with E-state index >= 15 is 0 Å². The van der Waals surface area contributed by atoms with Gasteiger partial charge in [-0.25, -0.2) is 4.68 Å². The number of hydrogen-bond acceptors (Lipinski definition) is 4. The minimum Gasteiger partial charge on any atom is -0.309 e. The third-order valence-electron chi connectivity index (χ3n) is 5.47. The molecule has 1 aliphatic rings. The molecule has 33 heavy (non-hydrogen) atoms. The summed E-state index contributed by atoms with van der Waals surface area (Å²) in [7, 11) is 0. The Morgan fingerprint density at radius 1 is 0.848 bits per heavy atom. The van der Waals surface area contributed by atoms with Gasteiger partial charge in [0.25, 0.3) is 11.8 Å². The van der Waals surface area contributed by atoms with E-state index in [1.54, 1.807) is 35.0 Å². The van der Waals surface area contributed by atoms with Gasteiger partial charge in [-0.3, -0.25) is 19.3 Å². The Bertz CT molecular complexity index is 1360. The summed E-state index contributed by atoms with van der Waals surface area (Å²) in [6.45, 7) is 1.62. The van der Waals surface area contributed by atoms with Gasteiger partial charge in [-0.05, 0) is 37.3 Å². The fourth-order valence-electron chi connectivity index (χ4n) is 3.89. The fourth-order valence-corrected chi connectivity index (χ4v) is 3.89. The Balaban J connectivity index is 1.43. The number of carbonyl (C=O) groups is 3. The van der Waals surface area contributed by atoms with E-state index in [4.69, 9.17) is 5.10 Å². The highest BCUT2D eigenvalue weighted by Gasteiger charge is 2.36. The van der Waals surface area contributed by atoms with Crippen LogP contribution in [-0.4, -0.2) is 38.9 Å². The summed E-state index contributed by atoms with van der Waals surface area (Å²) in [5.74, 6) is -0.984. The highest BCUT2D eigenvalue weighted by atomic mass is 16.2. The summed E-state index contributed by atoms with van der Waals surface area (Å²) >= 11 is 0. The van der Waals surface area contributed by atoms with Gasteiger partial charge in [0.1, 0.15) is 12.4 Å². The summed E-state index contributed by atoms with van der Waals surface area (Å²) in [5, 5.41) is 7.52. The largest absolute Gasteiger partial charge is 0.309 e. The van der Waals surface area contributed by atoms with Crippen LogP contribution >= 0.6 is 0 Å². The van der Waals surface area contributed by atoms with E-state index in [0.29, 0.717) is 22.6 Å². The number of nitrogens with one attached hydrogen (secondary N) is 1. The van der Waals surface area contributed by atoms with Gasteiger partial charge in [-0.1, -0.05) is 54.1 Å². The predicted molar refractivity (Wildman–Crippen MR) is 124 cm³/mol. The number of benzene rings is 3. The highest BCUT2D eigenvalue weighted by molar-refractivity contribution is 6.22. The van der Waals surface area contributed by atoms with Crippen LogP contribution in [-0.2, 0) is 4.79 Å². The molecule has 0 aliphatic carbocycles. The molecule has 7 heteroatoms. The number of anilines is 1. The van der Waals surface area contributed by atoms with Crippen molar-refractivity contribution in [1.29, 1.82) is 0 Å². The van der Waals surface area contributed by atoms with Crippen LogP contribution in [0, 0.1) is 6.92 Å². The number of amides is 3. The van der Waals surface area contributed by atoms with Crippen molar-refractivity contribution in [3.8, 4) is 16.9 Å². The summed E-state index contributed by atoms with van der Waals surface area (Å²) in [4.78, 5) is 39.1. The number of fused-ring (bicyclic) bond motifs is 1. The van der Waals surface area contributed by atoms with Crippen LogP contribution in [0.25, 0.3) is 16.9 Å². The molecule has 0 radical (unpaired) electrons. The second-order valence-corrected chi connectivity index (χ2v) is 7.82. The molecule has 0 bridgehead atoms. The van der Waals surface area contributed by atoms with Crippen LogP contribution in [0.2, 0.25) is 0 Å². The fraction of sp³-hybridized carbons (Fsp3) is 0.0769. The van der Waals surface area contributed by atoms with Gasteiger partial charge in [0.2, 0.25) is 5.91 Å². The van der Waals surface area contributed by atoms with Crippen molar-refractivity contribution in [2.24, 2.45) is 0 Å². The molecule has 2 heterocycles. The summed E-state index contributed by atoms with van der Waals surface area (Å²) in [6.07, 6.45) is 0. The Kier molecular flexibility index (Phi) is 5.06. The second-order valence-electron chi connectivity index (χ2n) is 7.82. The third-order valence-corrected chi connectivity index (χ3v) is 5.47. The normalized spacial score (nSPS) is 12.7. The zero-order valence-electron chi connectivity index (χ0n) is 17.9. The molecule has 0 fully saturated rings. The molecule has 0 unspecified atom stereocenters. The average molecular weight is 436 g/mol. The van der Waals surface area contributed by atoms with Gasteiger partial charge in [0.05, 0.1) is 22.5 Å². The molecule has 4 aromatic rings. The van der Waals surface area contributed by atoms with Gasteiger partial charge in [-0.15, -0.1) is 0 Å². The molecule has 5 rings (SSSR count). The maximum absolute atomic E-state index is 12.9. The molecular formula is C26H20N4O3. The van der Waals surface area contributed by atoms with E-state index < -0.39 is 17.7 Å². The second kappa shape index (κ2) is 8.20. The lowest BCUT2D eigenvalue weighted by molar-refractivity contribution is -0.116. The van der Waals surface area contributed by atoms with Crippen molar-refractivity contribution in [3.63, 3.8) is 0 Å². The number of hydrogen-bond donors (Lipinski definition) is 1. The first-order valence-corrected chi connectivity index (χ1v) is 10.5. The Morgan fingerprint density at radius 3 is 2.18 bits per heavy atom. The third kappa shape index (κ3) is 3.80. The lowest BCUT2D eigenvalue weighted by Gasteiger charge is -2.14. The number of carbonyl (C=O) groups excluding carboxylic acids is 3. The minimum absolute atomic E-state index is 0.311. The Labute approximate surface area is 190 Å². The number of imide groups is 1. The van der Waals surface area contributed by atoms with Gasteiger partial charge in [0, 0.05) is 11.6 Å². The summed E-state index contributed by atoms with van der Waals surface area (Å²) in [6, 6.07) is 25.7. The van der Waals surface area contributed by atoms with E-state index in [1.807, 2.05) is 61.5 Å².